The van der Waals surface area contributed by atoms with Crippen LogP contribution in [-0.2, 0) is 11.3 Å². The predicted molar refractivity (Wildman–Crippen MR) is 94.4 cm³/mol. The van der Waals surface area contributed by atoms with E-state index >= 15 is 0 Å². The van der Waals surface area contributed by atoms with Crippen LogP contribution in [0.1, 0.15) is 30.0 Å². The second-order valence-corrected chi connectivity index (χ2v) is 6.56. The molecule has 1 aromatic carbocycles. The molecule has 2 rings (SSSR count). The molecule has 2 aromatic rings. The number of hydrogen-bond donors (Lipinski definition) is 1. The van der Waals surface area contributed by atoms with Gasteiger partial charge < -0.3 is 19.4 Å². The minimum Gasteiger partial charge on any atom is -0.459 e. The summed E-state index contributed by atoms with van der Waals surface area (Å²) in [4.78, 5) is 26.3. The first-order valence-corrected chi connectivity index (χ1v) is 8.51. The lowest BCUT2D eigenvalue weighted by molar-refractivity contribution is -0.274. The van der Waals surface area contributed by atoms with E-state index < -0.39 is 18.3 Å². The molecular formula is C19H21F3N2O4. The van der Waals surface area contributed by atoms with Gasteiger partial charge in [-0.1, -0.05) is 26.0 Å². The largest absolute Gasteiger partial charge is 0.573 e. The Kier molecular flexibility index (Phi) is 6.71. The standard InChI is InChI=1S/C19H21F3N2O4/c1-12(2)16(23-17(25)15-5-4-10-27-15)18(26)24(3)11-13-6-8-14(9-7-13)28-19(20,21)22/h4-10,12,16H,11H2,1-3H3,(H,23,25). The van der Waals surface area contributed by atoms with E-state index in [0.717, 1.165) is 0 Å². The normalized spacial score (nSPS) is 12.5. The molecule has 28 heavy (non-hydrogen) atoms. The number of nitrogens with zero attached hydrogens (tertiary/aromatic N) is 1. The molecule has 0 saturated carbocycles. The first kappa shape index (κ1) is 21.3. The number of ether oxygens (including phenoxy) is 1. The van der Waals surface area contributed by atoms with Gasteiger partial charge in [-0.2, -0.15) is 0 Å². The average Bonchev–Trinajstić information content (AvgIpc) is 3.13. The van der Waals surface area contributed by atoms with Crippen LogP contribution in [0.2, 0.25) is 0 Å². The SMILES string of the molecule is CC(C)C(NC(=O)c1ccco1)C(=O)N(C)Cc1ccc(OC(F)(F)F)cc1. The van der Waals surface area contributed by atoms with Gasteiger partial charge in [0, 0.05) is 13.6 Å². The second-order valence-electron chi connectivity index (χ2n) is 6.56. The number of hydrogen-bond acceptors (Lipinski definition) is 4. The van der Waals surface area contributed by atoms with Crippen molar-refractivity contribution in [3.05, 3.63) is 54.0 Å². The summed E-state index contributed by atoms with van der Waals surface area (Å²) in [5.41, 5.74) is 0.616. The van der Waals surface area contributed by atoms with Crippen molar-refractivity contribution in [3.8, 4) is 5.75 Å². The number of carbonyl (C=O) groups is 2. The molecule has 0 aliphatic heterocycles. The maximum absolute atomic E-state index is 12.8. The zero-order valence-electron chi connectivity index (χ0n) is 15.6. The van der Waals surface area contributed by atoms with Crippen molar-refractivity contribution in [2.24, 2.45) is 5.92 Å². The Morgan fingerprint density at radius 1 is 1.18 bits per heavy atom. The van der Waals surface area contributed by atoms with Crippen molar-refractivity contribution in [1.29, 1.82) is 0 Å². The van der Waals surface area contributed by atoms with E-state index in [1.165, 1.54) is 41.5 Å². The molecule has 6 nitrogen and oxygen atoms in total. The van der Waals surface area contributed by atoms with Gasteiger partial charge in [0.05, 0.1) is 6.26 Å². The number of nitrogens with one attached hydrogen (secondary N) is 1. The van der Waals surface area contributed by atoms with Crippen LogP contribution in [0, 0.1) is 5.92 Å². The number of benzene rings is 1. The van der Waals surface area contributed by atoms with E-state index in [2.05, 4.69) is 10.1 Å². The van der Waals surface area contributed by atoms with Gasteiger partial charge in [0.25, 0.3) is 5.91 Å². The summed E-state index contributed by atoms with van der Waals surface area (Å²) in [6.07, 6.45) is -3.40. The second kappa shape index (κ2) is 8.81. The maximum atomic E-state index is 12.8. The summed E-state index contributed by atoms with van der Waals surface area (Å²) in [5, 5.41) is 2.65. The summed E-state index contributed by atoms with van der Waals surface area (Å²) in [5.74, 6) is -1.25. The first-order valence-electron chi connectivity index (χ1n) is 8.51. The molecule has 0 spiro atoms. The number of carbonyl (C=O) groups excluding carboxylic acids is 2. The van der Waals surface area contributed by atoms with E-state index in [0.29, 0.717) is 5.56 Å². The molecule has 1 atom stereocenters. The van der Waals surface area contributed by atoms with Crippen LogP contribution >= 0.6 is 0 Å². The Labute approximate surface area is 160 Å². The third-order valence-corrected chi connectivity index (χ3v) is 3.92. The van der Waals surface area contributed by atoms with Gasteiger partial charge in [-0.3, -0.25) is 9.59 Å². The van der Waals surface area contributed by atoms with E-state index in [9.17, 15) is 22.8 Å². The number of halogens is 3. The summed E-state index contributed by atoms with van der Waals surface area (Å²) in [7, 11) is 1.55. The highest BCUT2D eigenvalue weighted by molar-refractivity contribution is 5.95. The number of likely N-dealkylation sites (N-methyl/N-ethyl adjacent to an activating group) is 1. The Hall–Kier alpha value is -2.97. The summed E-state index contributed by atoms with van der Waals surface area (Å²) >= 11 is 0. The zero-order chi connectivity index (χ0) is 20.9. The fourth-order valence-electron chi connectivity index (χ4n) is 2.52. The number of amides is 2. The molecule has 0 saturated heterocycles. The lowest BCUT2D eigenvalue weighted by Gasteiger charge is -2.27. The fraction of sp³-hybridized carbons (Fsp3) is 0.368. The number of furan rings is 1. The van der Waals surface area contributed by atoms with Crippen molar-refractivity contribution in [2.45, 2.75) is 32.8 Å². The lowest BCUT2D eigenvalue weighted by Crippen LogP contribution is -2.49. The van der Waals surface area contributed by atoms with Crippen LogP contribution in [0.25, 0.3) is 0 Å². The van der Waals surface area contributed by atoms with Crippen LogP contribution < -0.4 is 10.1 Å². The highest BCUT2D eigenvalue weighted by atomic mass is 19.4. The van der Waals surface area contributed by atoms with E-state index in [4.69, 9.17) is 4.42 Å². The van der Waals surface area contributed by atoms with Gasteiger partial charge >= 0.3 is 6.36 Å². The number of rotatable bonds is 7. The average molecular weight is 398 g/mol. The van der Waals surface area contributed by atoms with E-state index in [1.54, 1.807) is 27.0 Å². The van der Waals surface area contributed by atoms with Crippen LogP contribution in [0.15, 0.2) is 47.1 Å². The predicted octanol–water partition coefficient (Wildman–Crippen LogP) is 3.59. The Bertz CT molecular complexity index is 787. The molecule has 0 fully saturated rings. The third kappa shape index (κ3) is 6.04. The summed E-state index contributed by atoms with van der Waals surface area (Å²) < 4.78 is 45.5. The van der Waals surface area contributed by atoms with Gasteiger partial charge in [0.1, 0.15) is 11.8 Å². The first-order chi connectivity index (χ1) is 13.1. The molecule has 1 unspecified atom stereocenters. The third-order valence-electron chi connectivity index (χ3n) is 3.92. The van der Waals surface area contributed by atoms with Crippen LogP contribution in [-0.4, -0.2) is 36.2 Å². The van der Waals surface area contributed by atoms with Crippen molar-refractivity contribution < 1.29 is 31.9 Å². The zero-order valence-corrected chi connectivity index (χ0v) is 15.6. The van der Waals surface area contributed by atoms with Crippen molar-refractivity contribution in [1.82, 2.24) is 10.2 Å². The molecule has 2 amide bonds. The van der Waals surface area contributed by atoms with Gasteiger partial charge in [0.15, 0.2) is 5.76 Å². The van der Waals surface area contributed by atoms with Crippen molar-refractivity contribution >= 4 is 11.8 Å². The van der Waals surface area contributed by atoms with Crippen molar-refractivity contribution in [3.63, 3.8) is 0 Å². The molecular weight excluding hydrogens is 377 g/mol. The lowest BCUT2D eigenvalue weighted by atomic mass is 10.0. The molecule has 0 radical (unpaired) electrons. The fourth-order valence-corrected chi connectivity index (χ4v) is 2.52. The Morgan fingerprint density at radius 3 is 2.32 bits per heavy atom. The highest BCUT2D eigenvalue weighted by Crippen LogP contribution is 2.23. The highest BCUT2D eigenvalue weighted by Gasteiger charge is 2.31. The molecule has 1 aromatic heterocycles. The van der Waals surface area contributed by atoms with Crippen LogP contribution in [0.4, 0.5) is 13.2 Å². The smallest absolute Gasteiger partial charge is 0.459 e. The molecule has 9 heteroatoms. The van der Waals surface area contributed by atoms with Gasteiger partial charge in [-0.05, 0) is 35.7 Å². The minimum absolute atomic E-state index is 0.0985. The summed E-state index contributed by atoms with van der Waals surface area (Å²) in [6, 6.07) is 7.52. The van der Waals surface area contributed by atoms with E-state index in [-0.39, 0.29) is 29.9 Å². The molecule has 0 bridgehead atoms. The number of alkyl halides is 3. The molecule has 0 aliphatic rings. The molecule has 1 heterocycles. The van der Waals surface area contributed by atoms with Crippen molar-refractivity contribution in [2.75, 3.05) is 7.05 Å². The van der Waals surface area contributed by atoms with Gasteiger partial charge in [-0.25, -0.2) is 0 Å². The topological polar surface area (TPSA) is 71.8 Å². The van der Waals surface area contributed by atoms with Gasteiger partial charge in [0.2, 0.25) is 5.91 Å². The maximum Gasteiger partial charge on any atom is 0.573 e. The van der Waals surface area contributed by atoms with E-state index in [1.807, 2.05) is 0 Å². The Morgan fingerprint density at radius 2 is 1.82 bits per heavy atom. The van der Waals surface area contributed by atoms with Gasteiger partial charge in [-0.15, -0.1) is 13.2 Å². The molecule has 0 aliphatic carbocycles. The van der Waals surface area contributed by atoms with Crippen LogP contribution in [0.5, 0.6) is 5.75 Å². The summed E-state index contributed by atoms with van der Waals surface area (Å²) in [6.45, 7) is 3.75. The molecule has 1 N–H and O–H groups in total. The molecule has 152 valence electrons. The minimum atomic E-state index is -4.76. The monoisotopic (exact) mass is 398 g/mol. The Balaban J connectivity index is 2.01. The van der Waals surface area contributed by atoms with Crippen LogP contribution in [0.3, 0.4) is 0 Å². The quantitative estimate of drug-likeness (QED) is 0.774.